The summed E-state index contributed by atoms with van der Waals surface area (Å²) in [7, 11) is 0. The topological polar surface area (TPSA) is 23.5 Å². The van der Waals surface area contributed by atoms with Gasteiger partial charge < -0.3 is 5.11 Å². The molecule has 2 unspecified atom stereocenters. The maximum atomic E-state index is 14.5. The summed E-state index contributed by atoms with van der Waals surface area (Å²) in [6.07, 6.45) is 4.14. The number of nitrogens with zero attached hydrogens (tertiary/aromatic N) is 1. The first-order chi connectivity index (χ1) is 9.99. The number of aliphatic hydroxyl groups is 1. The Balaban J connectivity index is 2.09. The molecule has 0 bridgehead atoms. The first kappa shape index (κ1) is 16.4. The lowest BCUT2D eigenvalue weighted by Gasteiger charge is -2.33. The normalized spacial score (nSPS) is 22.8. The molecule has 1 saturated heterocycles. The number of likely N-dealkylation sites (tertiary alicyclic amines) is 1. The Morgan fingerprint density at radius 3 is 2.62 bits per heavy atom. The van der Waals surface area contributed by atoms with Crippen LogP contribution in [0.5, 0.6) is 0 Å². The van der Waals surface area contributed by atoms with Crippen LogP contribution in [0.2, 0.25) is 0 Å². The van der Waals surface area contributed by atoms with Crippen molar-refractivity contribution in [1.82, 2.24) is 4.90 Å². The molecule has 4 heteroatoms. The molecule has 0 spiro atoms. The van der Waals surface area contributed by atoms with Crippen LogP contribution in [0.1, 0.15) is 44.6 Å². The second-order valence-electron chi connectivity index (χ2n) is 6.13. The largest absolute Gasteiger partial charge is 0.393 e. The monoisotopic (exact) mass is 297 g/mol. The van der Waals surface area contributed by atoms with Gasteiger partial charge in [0.05, 0.1) is 12.6 Å². The molecule has 1 aliphatic rings. The molecule has 2 nitrogen and oxygen atoms in total. The Morgan fingerprint density at radius 1 is 1.24 bits per heavy atom. The summed E-state index contributed by atoms with van der Waals surface area (Å²) in [6.45, 7) is 2.17. The molecule has 2 rings (SSSR count). The van der Waals surface area contributed by atoms with Gasteiger partial charge in [0.2, 0.25) is 0 Å². The fourth-order valence-corrected chi connectivity index (χ4v) is 3.13. The van der Waals surface area contributed by atoms with Crippen molar-refractivity contribution in [2.75, 3.05) is 13.1 Å². The fraction of sp³-hybridized carbons (Fsp3) is 0.647. The van der Waals surface area contributed by atoms with Crippen molar-refractivity contribution in [1.29, 1.82) is 0 Å². The molecule has 0 aromatic heterocycles. The summed E-state index contributed by atoms with van der Waals surface area (Å²) in [5, 5.41) is 9.62. The average molecular weight is 297 g/mol. The van der Waals surface area contributed by atoms with E-state index in [0.717, 1.165) is 25.7 Å². The zero-order valence-corrected chi connectivity index (χ0v) is 12.6. The van der Waals surface area contributed by atoms with Gasteiger partial charge >= 0.3 is 0 Å². The standard InChI is InChI=1S/C17H25F2NO/c1-14(21)12-16-10-6-3-7-11-20(16)13-17(18,19)15-8-4-2-5-9-15/h2,4-5,8-9,14,16,21H,3,6-7,10-13H2,1H3. The maximum Gasteiger partial charge on any atom is 0.285 e. The molecule has 0 aliphatic carbocycles. The van der Waals surface area contributed by atoms with Crippen molar-refractivity contribution in [3.8, 4) is 0 Å². The Labute approximate surface area is 125 Å². The molecule has 1 aliphatic heterocycles. The van der Waals surface area contributed by atoms with Crippen LogP contribution in [0.4, 0.5) is 8.78 Å². The summed E-state index contributed by atoms with van der Waals surface area (Å²) < 4.78 is 29.0. The predicted octanol–water partition coefficient (Wildman–Crippen LogP) is 3.79. The molecule has 2 atom stereocenters. The van der Waals surface area contributed by atoms with Crippen molar-refractivity contribution in [2.45, 2.75) is 57.1 Å². The number of rotatable bonds is 5. The smallest absolute Gasteiger partial charge is 0.285 e. The highest BCUT2D eigenvalue weighted by Crippen LogP contribution is 2.31. The number of aliphatic hydroxyl groups excluding tert-OH is 1. The van der Waals surface area contributed by atoms with E-state index >= 15 is 0 Å². The summed E-state index contributed by atoms with van der Waals surface area (Å²) in [5.41, 5.74) is 0.0741. The summed E-state index contributed by atoms with van der Waals surface area (Å²) >= 11 is 0. The number of alkyl halides is 2. The second-order valence-corrected chi connectivity index (χ2v) is 6.13. The molecule has 0 saturated carbocycles. The van der Waals surface area contributed by atoms with E-state index in [1.165, 1.54) is 12.1 Å². The molecule has 1 fully saturated rings. The minimum Gasteiger partial charge on any atom is -0.393 e. The van der Waals surface area contributed by atoms with Gasteiger partial charge in [0.1, 0.15) is 0 Å². The van der Waals surface area contributed by atoms with Crippen LogP contribution in [0.3, 0.4) is 0 Å². The van der Waals surface area contributed by atoms with Crippen molar-refractivity contribution < 1.29 is 13.9 Å². The van der Waals surface area contributed by atoms with Gasteiger partial charge in [-0.15, -0.1) is 0 Å². The number of hydrogen-bond donors (Lipinski definition) is 1. The molecule has 0 amide bonds. The van der Waals surface area contributed by atoms with Crippen LogP contribution in [-0.4, -0.2) is 35.2 Å². The van der Waals surface area contributed by atoms with E-state index < -0.39 is 12.0 Å². The van der Waals surface area contributed by atoms with E-state index in [0.29, 0.717) is 13.0 Å². The molecule has 118 valence electrons. The van der Waals surface area contributed by atoms with E-state index in [2.05, 4.69) is 0 Å². The van der Waals surface area contributed by atoms with Crippen molar-refractivity contribution in [3.63, 3.8) is 0 Å². The van der Waals surface area contributed by atoms with Gasteiger partial charge in [0.15, 0.2) is 0 Å². The Kier molecular flexibility index (Phi) is 5.71. The van der Waals surface area contributed by atoms with Gasteiger partial charge in [0.25, 0.3) is 5.92 Å². The van der Waals surface area contributed by atoms with E-state index in [4.69, 9.17) is 0 Å². The highest BCUT2D eigenvalue weighted by molar-refractivity contribution is 5.20. The lowest BCUT2D eigenvalue weighted by molar-refractivity contribution is -0.0516. The summed E-state index contributed by atoms with van der Waals surface area (Å²) in [6, 6.07) is 8.09. The quantitative estimate of drug-likeness (QED) is 0.893. The van der Waals surface area contributed by atoms with E-state index in [-0.39, 0.29) is 18.2 Å². The molecule has 1 aromatic carbocycles. The lowest BCUT2D eigenvalue weighted by atomic mass is 10.0. The number of benzene rings is 1. The summed E-state index contributed by atoms with van der Waals surface area (Å²) in [4.78, 5) is 1.88. The molecule has 1 heterocycles. The van der Waals surface area contributed by atoms with Gasteiger partial charge in [-0.3, -0.25) is 4.90 Å². The Hall–Kier alpha value is -1.00. The van der Waals surface area contributed by atoms with Crippen LogP contribution in [0.15, 0.2) is 30.3 Å². The minimum atomic E-state index is -2.84. The van der Waals surface area contributed by atoms with E-state index in [9.17, 15) is 13.9 Å². The van der Waals surface area contributed by atoms with Crippen molar-refractivity contribution in [3.05, 3.63) is 35.9 Å². The zero-order valence-electron chi connectivity index (χ0n) is 12.6. The maximum absolute atomic E-state index is 14.5. The molecule has 21 heavy (non-hydrogen) atoms. The molecule has 1 N–H and O–H groups in total. The van der Waals surface area contributed by atoms with Gasteiger partial charge in [-0.05, 0) is 32.7 Å². The second kappa shape index (κ2) is 7.32. The molecule has 1 aromatic rings. The third kappa shape index (κ3) is 4.75. The first-order valence-corrected chi connectivity index (χ1v) is 7.84. The zero-order chi connectivity index (χ0) is 15.3. The average Bonchev–Trinajstić information content (AvgIpc) is 2.65. The van der Waals surface area contributed by atoms with Crippen LogP contribution >= 0.6 is 0 Å². The lowest BCUT2D eigenvalue weighted by Crippen LogP contribution is -2.43. The first-order valence-electron chi connectivity index (χ1n) is 7.84. The van der Waals surface area contributed by atoms with Gasteiger partial charge in [0, 0.05) is 11.6 Å². The Morgan fingerprint density at radius 2 is 1.95 bits per heavy atom. The molecular formula is C17H25F2NO. The Bertz CT molecular complexity index is 422. The van der Waals surface area contributed by atoms with Crippen LogP contribution in [0.25, 0.3) is 0 Å². The number of halogens is 2. The van der Waals surface area contributed by atoms with Gasteiger partial charge in [-0.1, -0.05) is 43.2 Å². The molecule has 0 radical (unpaired) electrons. The highest BCUT2D eigenvalue weighted by Gasteiger charge is 2.36. The van der Waals surface area contributed by atoms with Gasteiger partial charge in [-0.25, -0.2) is 0 Å². The fourth-order valence-electron chi connectivity index (χ4n) is 3.13. The van der Waals surface area contributed by atoms with Crippen LogP contribution < -0.4 is 0 Å². The predicted molar refractivity (Wildman–Crippen MR) is 80.5 cm³/mol. The van der Waals surface area contributed by atoms with Crippen LogP contribution in [-0.2, 0) is 5.92 Å². The third-order valence-electron chi connectivity index (χ3n) is 4.21. The highest BCUT2D eigenvalue weighted by atomic mass is 19.3. The minimum absolute atomic E-state index is 0.0575. The van der Waals surface area contributed by atoms with Crippen molar-refractivity contribution >= 4 is 0 Å². The van der Waals surface area contributed by atoms with Crippen LogP contribution in [0, 0.1) is 0 Å². The van der Waals surface area contributed by atoms with Gasteiger partial charge in [-0.2, -0.15) is 8.78 Å². The SMILES string of the molecule is CC(O)CC1CCCCCN1CC(F)(F)c1ccccc1. The third-order valence-corrected chi connectivity index (χ3v) is 4.21. The number of hydrogen-bond acceptors (Lipinski definition) is 2. The van der Waals surface area contributed by atoms with E-state index in [1.807, 2.05) is 4.90 Å². The van der Waals surface area contributed by atoms with Crippen molar-refractivity contribution in [2.24, 2.45) is 0 Å². The molecular weight excluding hydrogens is 272 g/mol. The van der Waals surface area contributed by atoms with E-state index in [1.54, 1.807) is 25.1 Å². The summed E-state index contributed by atoms with van der Waals surface area (Å²) in [5.74, 6) is -2.84.